The molecule has 1 rings (SSSR count). The molecule has 0 aromatic rings. The van der Waals surface area contributed by atoms with Crippen LogP contribution in [-0.4, -0.2) is 30.4 Å². The van der Waals surface area contributed by atoms with E-state index in [4.69, 9.17) is 11.6 Å². The first kappa shape index (κ1) is 8.09. The van der Waals surface area contributed by atoms with E-state index in [2.05, 4.69) is 11.5 Å². The van der Waals surface area contributed by atoms with Gasteiger partial charge in [-0.25, -0.2) is 0 Å². The summed E-state index contributed by atoms with van der Waals surface area (Å²) in [4.78, 5) is 2.39. The summed E-state index contributed by atoms with van der Waals surface area (Å²) in [5, 5.41) is 0. The van der Waals surface area contributed by atoms with Crippen molar-refractivity contribution in [2.24, 2.45) is 5.92 Å². The highest BCUT2D eigenvalue weighted by molar-refractivity contribution is 6.18. The first-order valence-electron chi connectivity index (χ1n) is 3.76. The van der Waals surface area contributed by atoms with Gasteiger partial charge in [-0.1, -0.05) is 6.08 Å². The lowest BCUT2D eigenvalue weighted by atomic mass is 10.2. The standard InChI is InChI=1S/C8H14ClN/c1-2-4-10-5-3-8(6-9)7-10/h2,8H,1,3-7H2/t8-/m0/s1. The van der Waals surface area contributed by atoms with Gasteiger partial charge in [-0.3, -0.25) is 4.90 Å². The number of halogens is 1. The van der Waals surface area contributed by atoms with E-state index >= 15 is 0 Å². The molecule has 10 heavy (non-hydrogen) atoms. The highest BCUT2D eigenvalue weighted by Gasteiger charge is 2.19. The van der Waals surface area contributed by atoms with Crippen molar-refractivity contribution in [3.63, 3.8) is 0 Å². The fourth-order valence-electron chi connectivity index (χ4n) is 1.39. The lowest BCUT2D eigenvalue weighted by molar-refractivity contribution is 0.365. The summed E-state index contributed by atoms with van der Waals surface area (Å²) in [6.07, 6.45) is 3.22. The smallest absolute Gasteiger partial charge is 0.0264 e. The summed E-state index contributed by atoms with van der Waals surface area (Å²) >= 11 is 5.72. The van der Waals surface area contributed by atoms with Gasteiger partial charge >= 0.3 is 0 Å². The maximum atomic E-state index is 5.72. The van der Waals surface area contributed by atoms with Crippen LogP contribution in [0.4, 0.5) is 0 Å². The Morgan fingerprint density at radius 2 is 2.50 bits per heavy atom. The molecule has 1 nitrogen and oxygen atoms in total. The average Bonchev–Trinajstić information content (AvgIpc) is 2.37. The van der Waals surface area contributed by atoms with Crippen molar-refractivity contribution in [1.82, 2.24) is 4.90 Å². The molecule has 0 aliphatic carbocycles. The zero-order valence-electron chi connectivity index (χ0n) is 6.22. The quantitative estimate of drug-likeness (QED) is 0.448. The van der Waals surface area contributed by atoms with Crippen LogP contribution in [-0.2, 0) is 0 Å². The number of alkyl halides is 1. The Kier molecular flexibility index (Phi) is 3.23. The number of hydrogen-bond acceptors (Lipinski definition) is 1. The molecule has 0 amide bonds. The van der Waals surface area contributed by atoms with E-state index in [0.717, 1.165) is 24.9 Å². The zero-order valence-corrected chi connectivity index (χ0v) is 6.98. The van der Waals surface area contributed by atoms with Gasteiger partial charge in [-0.15, -0.1) is 18.2 Å². The first-order chi connectivity index (χ1) is 4.86. The van der Waals surface area contributed by atoms with Crippen LogP contribution >= 0.6 is 11.6 Å². The third kappa shape index (κ3) is 1.99. The molecule has 1 fully saturated rings. The number of hydrogen-bond donors (Lipinski definition) is 0. The Morgan fingerprint density at radius 3 is 3.00 bits per heavy atom. The summed E-state index contributed by atoms with van der Waals surface area (Å²) in [5.41, 5.74) is 0. The third-order valence-electron chi connectivity index (χ3n) is 1.98. The largest absolute Gasteiger partial charge is 0.299 e. The normalized spacial score (nSPS) is 27.1. The van der Waals surface area contributed by atoms with Crippen molar-refractivity contribution < 1.29 is 0 Å². The van der Waals surface area contributed by atoms with Crippen LogP contribution in [0.1, 0.15) is 6.42 Å². The lowest BCUT2D eigenvalue weighted by Crippen LogP contribution is -2.20. The van der Waals surface area contributed by atoms with Crippen LogP contribution in [0.2, 0.25) is 0 Å². The summed E-state index contributed by atoms with van der Waals surface area (Å²) in [6, 6.07) is 0. The predicted octanol–water partition coefficient (Wildman–Crippen LogP) is 1.73. The molecule has 1 atom stereocenters. The second-order valence-corrected chi connectivity index (χ2v) is 3.17. The van der Waals surface area contributed by atoms with Crippen molar-refractivity contribution in [2.75, 3.05) is 25.5 Å². The molecular formula is C8H14ClN. The van der Waals surface area contributed by atoms with Crippen LogP contribution in [0.3, 0.4) is 0 Å². The minimum atomic E-state index is 0.724. The van der Waals surface area contributed by atoms with Gasteiger partial charge in [-0.2, -0.15) is 0 Å². The highest BCUT2D eigenvalue weighted by atomic mass is 35.5. The molecule has 58 valence electrons. The maximum absolute atomic E-state index is 5.72. The predicted molar refractivity (Wildman–Crippen MR) is 45.5 cm³/mol. The summed E-state index contributed by atoms with van der Waals surface area (Å²) in [7, 11) is 0. The fraction of sp³-hybridized carbons (Fsp3) is 0.750. The minimum absolute atomic E-state index is 0.724. The van der Waals surface area contributed by atoms with E-state index in [-0.39, 0.29) is 0 Å². The molecule has 1 aliphatic heterocycles. The molecule has 1 saturated heterocycles. The molecule has 0 bridgehead atoms. The number of nitrogens with zero attached hydrogens (tertiary/aromatic N) is 1. The topological polar surface area (TPSA) is 3.24 Å². The fourth-order valence-corrected chi connectivity index (χ4v) is 1.64. The van der Waals surface area contributed by atoms with Crippen molar-refractivity contribution >= 4 is 11.6 Å². The monoisotopic (exact) mass is 159 g/mol. The molecule has 0 spiro atoms. The van der Waals surface area contributed by atoms with E-state index in [9.17, 15) is 0 Å². The van der Waals surface area contributed by atoms with Crippen LogP contribution < -0.4 is 0 Å². The van der Waals surface area contributed by atoms with Crippen LogP contribution in [0, 0.1) is 5.92 Å². The molecule has 1 heterocycles. The third-order valence-corrected chi connectivity index (χ3v) is 2.41. The van der Waals surface area contributed by atoms with Gasteiger partial charge in [-0.05, 0) is 18.9 Å². The highest BCUT2D eigenvalue weighted by Crippen LogP contribution is 2.16. The van der Waals surface area contributed by atoms with E-state index in [1.54, 1.807) is 0 Å². The first-order valence-corrected chi connectivity index (χ1v) is 4.29. The molecule has 1 aliphatic rings. The van der Waals surface area contributed by atoms with Crippen molar-refractivity contribution in [3.8, 4) is 0 Å². The molecule has 0 aromatic carbocycles. The molecule has 2 heteroatoms. The van der Waals surface area contributed by atoms with Gasteiger partial charge in [0.1, 0.15) is 0 Å². The Balaban J connectivity index is 2.21. The second-order valence-electron chi connectivity index (χ2n) is 2.86. The second kappa shape index (κ2) is 3.99. The van der Waals surface area contributed by atoms with E-state index in [0.29, 0.717) is 0 Å². The molecule has 0 N–H and O–H groups in total. The summed E-state index contributed by atoms with van der Waals surface area (Å²) < 4.78 is 0. The van der Waals surface area contributed by atoms with Gasteiger partial charge in [0.15, 0.2) is 0 Å². The zero-order chi connectivity index (χ0) is 7.40. The molecule has 0 unspecified atom stereocenters. The summed E-state index contributed by atoms with van der Waals surface area (Å²) in [5.74, 6) is 1.54. The lowest BCUT2D eigenvalue weighted by Gasteiger charge is -2.11. The van der Waals surface area contributed by atoms with E-state index < -0.39 is 0 Å². The van der Waals surface area contributed by atoms with E-state index in [1.165, 1.54) is 13.0 Å². The van der Waals surface area contributed by atoms with E-state index in [1.807, 2.05) is 6.08 Å². The Bertz CT molecular complexity index is 114. The molecule has 0 saturated carbocycles. The van der Waals surface area contributed by atoms with Crippen LogP contribution in [0.5, 0.6) is 0 Å². The molecule has 0 radical (unpaired) electrons. The van der Waals surface area contributed by atoms with Crippen molar-refractivity contribution in [2.45, 2.75) is 6.42 Å². The Labute approximate surface area is 67.7 Å². The van der Waals surface area contributed by atoms with Crippen molar-refractivity contribution in [1.29, 1.82) is 0 Å². The summed E-state index contributed by atoms with van der Waals surface area (Å²) in [6.45, 7) is 7.08. The Hall–Kier alpha value is -0.0100. The van der Waals surface area contributed by atoms with Gasteiger partial charge < -0.3 is 0 Å². The van der Waals surface area contributed by atoms with Gasteiger partial charge in [0.05, 0.1) is 0 Å². The molecular weight excluding hydrogens is 146 g/mol. The van der Waals surface area contributed by atoms with Crippen molar-refractivity contribution in [3.05, 3.63) is 12.7 Å². The average molecular weight is 160 g/mol. The van der Waals surface area contributed by atoms with Gasteiger partial charge in [0.25, 0.3) is 0 Å². The van der Waals surface area contributed by atoms with Crippen LogP contribution in [0.25, 0.3) is 0 Å². The van der Waals surface area contributed by atoms with Gasteiger partial charge in [0.2, 0.25) is 0 Å². The minimum Gasteiger partial charge on any atom is -0.299 e. The maximum Gasteiger partial charge on any atom is 0.0264 e. The van der Waals surface area contributed by atoms with Crippen LogP contribution in [0.15, 0.2) is 12.7 Å². The number of rotatable bonds is 3. The Morgan fingerprint density at radius 1 is 1.70 bits per heavy atom. The molecule has 0 aromatic heterocycles. The number of likely N-dealkylation sites (tertiary alicyclic amines) is 1. The SMILES string of the molecule is C=CCN1CC[C@@H](CCl)C1. The van der Waals surface area contributed by atoms with Gasteiger partial charge in [0, 0.05) is 19.0 Å².